The molecule has 0 saturated carbocycles. The Morgan fingerprint density at radius 2 is 1.79 bits per heavy atom. The number of H-pyrrole nitrogens is 1. The number of phosphoric acid groups is 3. The molecular formula is C10H15N5Na3O13P3+2. The van der Waals surface area contributed by atoms with Gasteiger partial charge in [0.1, 0.15) is 6.23 Å². The molecule has 7 N–H and O–H groups in total. The second-order valence-corrected chi connectivity index (χ2v) is 10.5. The number of nitrogens with zero attached hydrogens (tertiary/aromatic N) is 3. The molecular weight excluding hydrogens is 560 g/mol. The number of anilines is 1. The van der Waals surface area contributed by atoms with E-state index < -0.39 is 54.1 Å². The monoisotopic (exact) mass is 575 g/mol. The van der Waals surface area contributed by atoms with Gasteiger partial charge in [-0.05, 0) is 6.42 Å². The van der Waals surface area contributed by atoms with E-state index >= 15 is 0 Å². The van der Waals surface area contributed by atoms with Crippen molar-refractivity contribution in [2.45, 2.75) is 24.9 Å². The Labute approximate surface area is 256 Å². The Hall–Kier alpha value is 1.48. The number of imidazole rings is 1. The largest absolute Gasteiger partial charge is 1.00 e. The molecule has 0 aliphatic carbocycles. The van der Waals surface area contributed by atoms with Crippen molar-refractivity contribution in [3.8, 4) is 0 Å². The van der Waals surface area contributed by atoms with E-state index in [1.807, 2.05) is 0 Å². The first-order valence-corrected chi connectivity index (χ1v) is 12.5. The van der Waals surface area contributed by atoms with E-state index in [0.29, 0.717) is 0 Å². The third kappa shape index (κ3) is 9.66. The summed E-state index contributed by atoms with van der Waals surface area (Å²) in [6.07, 6.45) is -2.92. The van der Waals surface area contributed by atoms with Crippen LogP contribution in [0.3, 0.4) is 0 Å². The summed E-state index contributed by atoms with van der Waals surface area (Å²) in [4.78, 5) is 57.3. The van der Waals surface area contributed by atoms with Gasteiger partial charge in [0.2, 0.25) is 5.95 Å². The fraction of sp³-hybridized carbons (Fsp3) is 0.500. The minimum absolute atomic E-state index is 0. The van der Waals surface area contributed by atoms with Gasteiger partial charge < -0.3 is 35.2 Å². The molecule has 24 heteroatoms. The van der Waals surface area contributed by atoms with Crippen LogP contribution in [0.2, 0.25) is 0 Å². The number of nitrogens with two attached hydrogens (primary N) is 1. The Kier molecular flexibility index (Phi) is 14.1. The molecule has 34 heavy (non-hydrogen) atoms. The summed E-state index contributed by atoms with van der Waals surface area (Å²) < 4.78 is 51.9. The molecule has 1 aliphatic rings. The number of hydrogen-bond donors (Lipinski definition) is 6. The number of rotatable bonds is 8. The van der Waals surface area contributed by atoms with E-state index in [9.17, 15) is 28.5 Å². The van der Waals surface area contributed by atoms with Crippen LogP contribution >= 0.6 is 23.5 Å². The van der Waals surface area contributed by atoms with Crippen molar-refractivity contribution in [3.05, 3.63) is 16.7 Å². The van der Waals surface area contributed by atoms with Crippen molar-refractivity contribution in [2.24, 2.45) is 0 Å². The molecule has 3 heterocycles. The van der Waals surface area contributed by atoms with Crippen LogP contribution in [-0.4, -0.2) is 57.9 Å². The third-order valence-corrected chi connectivity index (χ3v) is 7.56. The summed E-state index contributed by atoms with van der Waals surface area (Å²) in [6.45, 7) is -0.906. The molecule has 0 amide bonds. The molecule has 0 radical (unpaired) electrons. The maximum absolute atomic E-state index is 12.2. The van der Waals surface area contributed by atoms with Crippen LogP contribution in [0.25, 0.3) is 11.2 Å². The number of nitrogens with one attached hydrogen (secondary N) is 1. The van der Waals surface area contributed by atoms with Gasteiger partial charge in [-0.1, -0.05) is 6.10 Å². The van der Waals surface area contributed by atoms with Gasteiger partial charge in [-0.3, -0.25) is 18.9 Å². The number of phosphoric ester groups is 1. The maximum Gasteiger partial charge on any atom is 1.00 e. The van der Waals surface area contributed by atoms with Crippen molar-refractivity contribution >= 4 is 40.6 Å². The van der Waals surface area contributed by atoms with Crippen LogP contribution in [0, 0.1) is 0 Å². The zero-order valence-corrected chi connectivity index (χ0v) is 26.6. The molecule has 3 rings (SSSR count). The van der Waals surface area contributed by atoms with Crippen LogP contribution in [0.4, 0.5) is 5.95 Å². The summed E-state index contributed by atoms with van der Waals surface area (Å²) in [6, 6.07) is 0. The van der Waals surface area contributed by atoms with Gasteiger partial charge in [0.05, 0.1) is 19.0 Å². The smallest absolute Gasteiger partial charge is 0.850 e. The molecule has 0 aromatic carbocycles. The van der Waals surface area contributed by atoms with Crippen LogP contribution < -0.4 is 105 Å². The first kappa shape index (κ1) is 35.5. The number of ether oxygens (including phenoxy) is 1. The molecule has 18 nitrogen and oxygen atoms in total. The van der Waals surface area contributed by atoms with Gasteiger partial charge >= 0.3 is 112 Å². The van der Waals surface area contributed by atoms with Crippen LogP contribution in [0.1, 0.15) is 12.6 Å². The normalized spacial score (nSPS) is 23.7. The zero-order valence-electron chi connectivity index (χ0n) is 17.9. The Morgan fingerprint density at radius 3 is 2.38 bits per heavy atom. The van der Waals surface area contributed by atoms with E-state index in [-0.39, 0.29) is 112 Å². The summed E-state index contributed by atoms with van der Waals surface area (Å²) >= 11 is 0. The molecule has 0 spiro atoms. The minimum atomic E-state index is -5.69. The maximum atomic E-state index is 12.2. The summed E-state index contributed by atoms with van der Waals surface area (Å²) in [7, 11) is -16.6. The average molecular weight is 575 g/mol. The number of fused-ring (bicyclic) bond motifs is 1. The SMILES string of the molecule is Nc1nc2c(ncn2[C@H]2C[C@H]([O-])[C@@H](COP(=O)(O)OP(=O)(O)OP(=O)(O)O)O2)c(=O)[nH]1.[Na+].[Na+].[Na+]. The van der Waals surface area contributed by atoms with Crippen molar-refractivity contribution < 1.29 is 145 Å². The average Bonchev–Trinajstić information content (AvgIpc) is 3.13. The number of aromatic amines is 1. The molecule has 1 aliphatic heterocycles. The number of hydrogen-bond acceptors (Lipinski definition) is 12. The predicted molar refractivity (Wildman–Crippen MR) is 94.7 cm³/mol. The molecule has 5 atom stereocenters. The fourth-order valence-corrected chi connectivity index (χ4v) is 5.68. The second kappa shape index (κ2) is 13.5. The number of nitrogen functional groups attached to an aromatic ring is 1. The Balaban J connectivity index is 0.00000363. The zero-order chi connectivity index (χ0) is 23.2. The second-order valence-electron chi connectivity index (χ2n) is 6.07. The summed E-state index contributed by atoms with van der Waals surface area (Å²) in [5.74, 6) is -0.208. The molecule has 2 aromatic rings. The summed E-state index contributed by atoms with van der Waals surface area (Å²) in [5, 5.41) is 12.2. The standard InChI is InChI=1S/C10H15N5O13P3.3Na/c11-10-13-8-7(9(17)14-10)12-3-15(8)6-1-4(16)5(26-6)2-25-30(21,22)28-31(23,24)27-29(18,19)20;;;/h3-6H,1-2H2,(H,21,22)(H,23,24)(H2,18,19,20)(H3,11,13,14,17);;;/q-1;3*+1/t4-,5+,6+;;;/m0.../s1. The van der Waals surface area contributed by atoms with Crippen molar-refractivity contribution in [3.63, 3.8) is 0 Å². The quantitative estimate of drug-likeness (QED) is 0.126. The van der Waals surface area contributed by atoms with Crippen molar-refractivity contribution in [1.82, 2.24) is 19.5 Å². The molecule has 1 saturated heterocycles. The molecule has 1 fully saturated rings. The van der Waals surface area contributed by atoms with E-state index in [1.165, 1.54) is 10.9 Å². The Bertz CT molecular complexity index is 1190. The van der Waals surface area contributed by atoms with E-state index in [4.69, 9.17) is 25.2 Å². The fourth-order valence-electron chi connectivity index (χ4n) is 2.65. The van der Waals surface area contributed by atoms with Gasteiger partial charge in [-0.2, -0.15) is 13.6 Å². The van der Waals surface area contributed by atoms with Crippen LogP contribution in [0.5, 0.6) is 0 Å². The first-order chi connectivity index (χ1) is 14.2. The molecule has 174 valence electrons. The van der Waals surface area contributed by atoms with Crippen molar-refractivity contribution in [2.75, 3.05) is 12.3 Å². The van der Waals surface area contributed by atoms with Gasteiger partial charge in [0, 0.05) is 0 Å². The molecule has 2 unspecified atom stereocenters. The van der Waals surface area contributed by atoms with Gasteiger partial charge in [-0.15, -0.1) is 0 Å². The van der Waals surface area contributed by atoms with Crippen molar-refractivity contribution in [1.29, 1.82) is 0 Å². The predicted octanol–water partition coefficient (Wildman–Crippen LogP) is -10.9. The summed E-state index contributed by atoms with van der Waals surface area (Å²) in [5.41, 5.74) is 4.81. The minimum Gasteiger partial charge on any atom is -0.850 e. The Morgan fingerprint density at radius 1 is 1.18 bits per heavy atom. The third-order valence-electron chi connectivity index (χ3n) is 3.76. The first-order valence-electron chi connectivity index (χ1n) is 7.98. The van der Waals surface area contributed by atoms with Gasteiger partial charge in [-0.25, -0.2) is 18.7 Å². The number of aromatic nitrogens is 4. The van der Waals surface area contributed by atoms with Gasteiger partial charge in [0.25, 0.3) is 5.56 Å². The van der Waals surface area contributed by atoms with E-state index in [2.05, 4.69) is 28.1 Å². The molecule has 0 bridgehead atoms. The van der Waals surface area contributed by atoms with E-state index in [0.717, 1.165) is 0 Å². The molecule has 2 aromatic heterocycles. The van der Waals surface area contributed by atoms with Gasteiger partial charge in [0.15, 0.2) is 11.2 Å². The van der Waals surface area contributed by atoms with E-state index in [1.54, 1.807) is 0 Å². The van der Waals surface area contributed by atoms with Crippen LogP contribution in [-0.2, 0) is 31.6 Å². The van der Waals surface area contributed by atoms with Crippen LogP contribution in [0.15, 0.2) is 11.1 Å². The topological polar surface area (TPSA) is 282 Å².